The third-order valence-corrected chi connectivity index (χ3v) is 7.78. The molecule has 0 amide bonds. The van der Waals surface area contributed by atoms with Crippen LogP contribution in [-0.2, 0) is 9.59 Å². The third-order valence-electron chi connectivity index (χ3n) is 7.53. The molecular weight excluding hydrogens is 737 g/mol. The van der Waals surface area contributed by atoms with Gasteiger partial charge in [0, 0.05) is 5.70 Å². The molecular formula is C45H72F4N3O3P. The highest BCUT2D eigenvalue weighted by Gasteiger charge is 2.31. The van der Waals surface area contributed by atoms with Crippen LogP contribution < -0.4 is 5.73 Å². The molecule has 0 aromatic heterocycles. The van der Waals surface area contributed by atoms with Gasteiger partial charge in [0.2, 0.25) is 0 Å². The van der Waals surface area contributed by atoms with Crippen LogP contribution in [0.2, 0.25) is 0 Å². The number of carboxylic acid groups (broad SMARTS) is 1. The number of aryl methyl sites for hydroxylation is 1. The lowest BCUT2D eigenvalue weighted by Crippen LogP contribution is -2.19. The monoisotopic (exact) mass is 810 g/mol. The normalized spacial score (nSPS) is 10.9. The number of hydrogen-bond donors (Lipinski definition) is 2. The molecule has 0 aliphatic carbocycles. The van der Waals surface area contributed by atoms with Gasteiger partial charge >= 0.3 is 11.6 Å². The maximum absolute atomic E-state index is 13.4. The van der Waals surface area contributed by atoms with Crippen molar-refractivity contribution in [3.63, 3.8) is 0 Å². The average Bonchev–Trinajstić information content (AvgIpc) is 3.11. The van der Waals surface area contributed by atoms with E-state index in [9.17, 15) is 27.2 Å². The van der Waals surface area contributed by atoms with E-state index < -0.39 is 17.5 Å². The quantitative estimate of drug-likeness (QED) is 0.0852. The van der Waals surface area contributed by atoms with Crippen molar-refractivity contribution in [1.82, 2.24) is 4.90 Å². The summed E-state index contributed by atoms with van der Waals surface area (Å²) in [5.41, 5.74) is 6.53. The van der Waals surface area contributed by atoms with E-state index >= 15 is 0 Å². The van der Waals surface area contributed by atoms with E-state index in [1.165, 1.54) is 57.8 Å². The lowest BCUT2D eigenvalue weighted by molar-refractivity contribution is -0.153. The first-order valence-electron chi connectivity index (χ1n) is 19.4. The maximum atomic E-state index is 13.4. The van der Waals surface area contributed by atoms with Crippen LogP contribution >= 0.6 is 9.24 Å². The summed E-state index contributed by atoms with van der Waals surface area (Å²) < 4.78 is 49.0. The predicted molar refractivity (Wildman–Crippen MR) is 233 cm³/mol. The second-order valence-electron chi connectivity index (χ2n) is 13.5. The zero-order valence-electron chi connectivity index (χ0n) is 36.5. The van der Waals surface area contributed by atoms with Crippen LogP contribution in [0.15, 0.2) is 66.4 Å². The highest BCUT2D eigenvalue weighted by molar-refractivity contribution is 7.20. The number of Topliss-reactive ketones (excluding diaryl/α,β-unsaturated/α-hetero) is 1. The molecule has 1 unspecified atom stereocenters. The Hall–Kier alpha value is -3.80. The zero-order chi connectivity index (χ0) is 44.6. The van der Waals surface area contributed by atoms with Crippen molar-refractivity contribution >= 4 is 26.6 Å². The zero-order valence-corrected chi connectivity index (χ0v) is 37.6. The van der Waals surface area contributed by atoms with Crippen LogP contribution in [0.5, 0.6) is 0 Å². The number of benzene rings is 2. The second kappa shape index (κ2) is 34.4. The van der Waals surface area contributed by atoms with Crippen molar-refractivity contribution in [2.24, 2.45) is 11.7 Å². The number of nitrogens with two attached hydrogens (primary N) is 1. The number of hydrogen-bond acceptors (Lipinski definition) is 5. The first kappa shape index (κ1) is 58.9. The van der Waals surface area contributed by atoms with E-state index in [1.54, 1.807) is 24.3 Å². The Morgan fingerprint density at radius 3 is 1.88 bits per heavy atom. The number of carbonyl (C=O) groups excluding carboxylic acids is 1. The van der Waals surface area contributed by atoms with Crippen molar-refractivity contribution in [2.75, 3.05) is 20.1 Å². The summed E-state index contributed by atoms with van der Waals surface area (Å²) in [6.45, 7) is 30.5. The number of ketones is 1. The maximum Gasteiger partial charge on any atom is 0.378 e. The molecule has 1 atom stereocenters. The van der Waals surface area contributed by atoms with Gasteiger partial charge in [-0.05, 0) is 146 Å². The topological polar surface area (TPSA) is 107 Å². The van der Waals surface area contributed by atoms with Gasteiger partial charge in [0.1, 0.15) is 17.7 Å². The Morgan fingerprint density at radius 2 is 1.54 bits per heavy atom. The molecule has 2 aromatic carbocycles. The van der Waals surface area contributed by atoms with Gasteiger partial charge in [-0.3, -0.25) is 4.79 Å². The summed E-state index contributed by atoms with van der Waals surface area (Å²) in [5, 5.41) is 16.1. The fourth-order valence-electron chi connectivity index (χ4n) is 4.39. The smallest absolute Gasteiger partial charge is 0.378 e. The molecule has 6 nitrogen and oxygen atoms in total. The molecule has 0 fully saturated rings. The molecule has 0 bridgehead atoms. The highest BCUT2D eigenvalue weighted by atomic mass is 31.0. The number of nitrogens with zero attached hydrogens (tertiary/aromatic N) is 2. The van der Waals surface area contributed by atoms with Crippen LogP contribution in [-0.4, -0.2) is 47.6 Å². The molecule has 2 aromatic rings. The summed E-state index contributed by atoms with van der Waals surface area (Å²) in [6, 6.07) is 11.4. The van der Waals surface area contributed by atoms with Crippen LogP contribution in [0, 0.1) is 35.8 Å². The molecule has 3 N–H and O–H groups in total. The Morgan fingerprint density at radius 1 is 1.02 bits per heavy atom. The molecule has 318 valence electrons. The molecule has 2 rings (SSSR count). The summed E-state index contributed by atoms with van der Waals surface area (Å²) in [5.74, 6) is -1.73. The van der Waals surface area contributed by atoms with Gasteiger partial charge in [-0.1, -0.05) is 99.6 Å². The number of carbonyl (C=O) groups is 2. The molecule has 0 aliphatic heterocycles. The number of nitriles is 1. The van der Waals surface area contributed by atoms with Crippen LogP contribution in [0.4, 0.5) is 17.6 Å². The molecule has 0 radical (unpaired) electrons. The van der Waals surface area contributed by atoms with E-state index in [1.807, 2.05) is 66.7 Å². The lowest BCUT2D eigenvalue weighted by atomic mass is 10.0. The summed E-state index contributed by atoms with van der Waals surface area (Å²) in [4.78, 5) is 22.9. The van der Waals surface area contributed by atoms with Crippen molar-refractivity contribution in [3.8, 4) is 6.07 Å². The van der Waals surface area contributed by atoms with Gasteiger partial charge in [-0.2, -0.15) is 14.0 Å². The number of carboxylic acids is 1. The van der Waals surface area contributed by atoms with Gasteiger partial charge in [-0.15, -0.1) is 0 Å². The molecule has 11 heteroatoms. The Labute approximate surface area is 339 Å². The summed E-state index contributed by atoms with van der Waals surface area (Å²) in [6.07, 6.45) is 10.4. The molecule has 0 aliphatic rings. The summed E-state index contributed by atoms with van der Waals surface area (Å²) >= 11 is 0. The molecule has 56 heavy (non-hydrogen) atoms. The number of rotatable bonds is 14. The van der Waals surface area contributed by atoms with Crippen molar-refractivity contribution in [3.05, 3.63) is 100 Å². The minimum atomic E-state index is -3.67. The van der Waals surface area contributed by atoms with Crippen LogP contribution in [0.25, 0.3) is 5.57 Å². The third kappa shape index (κ3) is 31.4. The van der Waals surface area contributed by atoms with E-state index in [2.05, 4.69) is 46.2 Å². The number of aliphatic carboxylic acids is 1. The Balaban J connectivity index is -0.000000312. The fourth-order valence-corrected chi connectivity index (χ4v) is 4.39. The van der Waals surface area contributed by atoms with Gasteiger partial charge in [-0.25, -0.2) is 13.6 Å². The van der Waals surface area contributed by atoms with E-state index in [-0.39, 0.29) is 23.1 Å². The second-order valence-corrected chi connectivity index (χ2v) is 14.2. The molecule has 0 saturated carbocycles. The number of halogens is 4. The average molecular weight is 810 g/mol. The minimum Gasteiger partial charge on any atom is -0.477 e. The van der Waals surface area contributed by atoms with Gasteiger partial charge in [0.15, 0.2) is 5.78 Å². The highest BCUT2D eigenvalue weighted by Crippen LogP contribution is 2.22. The standard InChI is InChI=1S/C15H14FNO.C10H13F.C9H19N.C7H17N.C2H3F2O2P.C2H6/c1-4-12(11(3)18)7-10(2)13-5-6-14(9-17)15(16)8-13;1-7(2)9-5-4-8(3)6-10(9)11;1-4-9(10)7-5-6-8(2)3;1-4-6-8(3)7-5-2;3-2(4,7)1(5)6;1-2/h5-8H,2,4H2,1,3H3;4-7H,1-3H3;4,8H,5-7,10H2,1-3H3;4-7H2,1-3H3;7H2,(H,5,6);1-2H3/b12-7+;;9-4+;;;. The number of alkyl halides is 2. The SMILES string of the molecule is C/C=C(/N)CCCC(C)C.C=C(/C=C(\CC)C(C)=O)c1ccc(C#N)c(F)c1.CC.CCCN(C)CCC.Cc1ccc(C(C)C)c(F)c1.O=C(O)C(F)(F)P. The Bertz CT molecular complexity index is 1500. The largest absolute Gasteiger partial charge is 0.477 e. The van der Waals surface area contributed by atoms with Crippen LogP contribution in [0.3, 0.4) is 0 Å². The predicted octanol–water partition coefficient (Wildman–Crippen LogP) is 12.9. The fraction of sp³-hybridized carbons (Fsp3) is 0.533. The lowest BCUT2D eigenvalue weighted by Gasteiger charge is -2.12. The molecule has 0 spiro atoms. The van der Waals surface area contributed by atoms with Crippen molar-refractivity contribution < 1.29 is 32.3 Å². The van der Waals surface area contributed by atoms with E-state index in [0.29, 0.717) is 23.1 Å². The molecule has 0 heterocycles. The minimum absolute atomic E-state index is 0.00203. The number of allylic oxidation sites excluding steroid dienone is 5. The van der Waals surface area contributed by atoms with Gasteiger partial charge < -0.3 is 15.7 Å². The van der Waals surface area contributed by atoms with Gasteiger partial charge in [0.25, 0.3) is 0 Å². The van der Waals surface area contributed by atoms with E-state index in [0.717, 1.165) is 38.4 Å². The summed E-state index contributed by atoms with van der Waals surface area (Å²) in [7, 11) is 3.07. The first-order chi connectivity index (χ1) is 26.0. The Kier molecular flexibility index (Phi) is 36.2. The van der Waals surface area contributed by atoms with Crippen molar-refractivity contribution in [1.29, 1.82) is 5.26 Å². The van der Waals surface area contributed by atoms with Crippen LogP contribution in [0.1, 0.15) is 143 Å². The van der Waals surface area contributed by atoms with E-state index in [4.69, 9.17) is 16.1 Å². The van der Waals surface area contributed by atoms with Gasteiger partial charge in [0.05, 0.1) is 5.56 Å². The van der Waals surface area contributed by atoms with Crippen molar-refractivity contribution in [2.45, 2.75) is 133 Å². The molecule has 0 saturated heterocycles. The first-order valence-corrected chi connectivity index (χ1v) is 20.0.